The summed E-state index contributed by atoms with van der Waals surface area (Å²) < 4.78 is 22.8. The van der Waals surface area contributed by atoms with Gasteiger partial charge in [-0.15, -0.1) is 0 Å². The Labute approximate surface area is 111 Å². The van der Waals surface area contributed by atoms with Gasteiger partial charge in [-0.05, 0) is 30.6 Å². The maximum atomic E-state index is 11.4. The number of nitrogens with zero attached hydrogens (tertiary/aromatic N) is 1. The molecule has 0 aromatic rings. The number of hydrogen-bond donors (Lipinski definition) is 1. The molecule has 4 atom stereocenters. The summed E-state index contributed by atoms with van der Waals surface area (Å²) in [5, 5.41) is 0. The first-order valence-electron chi connectivity index (χ1n) is 7.06. The Bertz CT molecular complexity index is 356. The minimum absolute atomic E-state index is 0.280. The van der Waals surface area contributed by atoms with Crippen molar-refractivity contribution in [3.05, 3.63) is 0 Å². The highest BCUT2D eigenvalue weighted by atomic mass is 32.2. The monoisotopic (exact) mass is 274 g/mol. The van der Waals surface area contributed by atoms with Crippen molar-refractivity contribution in [1.29, 1.82) is 0 Å². The lowest BCUT2D eigenvalue weighted by Crippen LogP contribution is -2.49. The third-order valence-corrected chi connectivity index (χ3v) is 6.24. The second kappa shape index (κ2) is 5.47. The van der Waals surface area contributed by atoms with Crippen LogP contribution in [-0.2, 0) is 9.84 Å². The van der Waals surface area contributed by atoms with Crippen LogP contribution in [0.25, 0.3) is 0 Å². The summed E-state index contributed by atoms with van der Waals surface area (Å²) in [6, 6.07) is 0.280. The normalized spacial score (nSPS) is 41.7. The van der Waals surface area contributed by atoms with Crippen molar-refractivity contribution in [2.24, 2.45) is 23.5 Å². The van der Waals surface area contributed by atoms with Gasteiger partial charge in [0.05, 0.1) is 11.5 Å². The van der Waals surface area contributed by atoms with Gasteiger partial charge in [0.25, 0.3) is 0 Å². The van der Waals surface area contributed by atoms with Crippen molar-refractivity contribution in [3.8, 4) is 0 Å². The molecular formula is C13H26N2O2S. The summed E-state index contributed by atoms with van der Waals surface area (Å²) in [7, 11) is -2.77. The summed E-state index contributed by atoms with van der Waals surface area (Å²) in [5.74, 6) is 2.55. The smallest absolute Gasteiger partial charge is 0.152 e. The molecular weight excluding hydrogens is 248 g/mol. The van der Waals surface area contributed by atoms with Crippen LogP contribution < -0.4 is 5.73 Å². The predicted molar refractivity (Wildman–Crippen MR) is 74.1 cm³/mol. The quantitative estimate of drug-likeness (QED) is 0.806. The molecule has 0 spiro atoms. The van der Waals surface area contributed by atoms with E-state index in [9.17, 15) is 8.42 Å². The molecule has 2 N–H and O–H groups in total. The highest BCUT2D eigenvalue weighted by molar-refractivity contribution is 7.91. The van der Waals surface area contributed by atoms with Crippen molar-refractivity contribution in [3.63, 3.8) is 0 Å². The van der Waals surface area contributed by atoms with E-state index in [4.69, 9.17) is 5.73 Å². The molecule has 0 bridgehead atoms. The zero-order valence-corrected chi connectivity index (χ0v) is 12.3. The summed E-state index contributed by atoms with van der Waals surface area (Å²) in [5.41, 5.74) is 6.29. The van der Waals surface area contributed by atoms with Gasteiger partial charge < -0.3 is 10.6 Å². The fraction of sp³-hybridized carbons (Fsp3) is 1.00. The van der Waals surface area contributed by atoms with E-state index in [-0.39, 0.29) is 6.04 Å². The number of nitrogens with two attached hydrogens (primary N) is 1. The van der Waals surface area contributed by atoms with Crippen LogP contribution >= 0.6 is 0 Å². The van der Waals surface area contributed by atoms with Crippen LogP contribution in [0.1, 0.15) is 26.7 Å². The summed E-state index contributed by atoms with van der Waals surface area (Å²) in [6.07, 6.45) is 2.37. The maximum Gasteiger partial charge on any atom is 0.152 e. The highest BCUT2D eigenvalue weighted by Gasteiger charge is 2.34. The molecule has 0 aromatic carbocycles. The molecule has 1 saturated carbocycles. The first-order valence-corrected chi connectivity index (χ1v) is 8.88. The van der Waals surface area contributed by atoms with Crippen LogP contribution in [0.2, 0.25) is 0 Å². The van der Waals surface area contributed by atoms with Crippen LogP contribution in [0.4, 0.5) is 0 Å². The van der Waals surface area contributed by atoms with Crippen LogP contribution in [0.3, 0.4) is 0 Å². The second-order valence-corrected chi connectivity index (χ2v) is 8.64. The minimum atomic E-state index is -2.77. The molecule has 5 heteroatoms. The molecule has 106 valence electrons. The standard InChI is InChI=1S/C13H26N2O2S/c1-10-7-11(2)12(13(14)8-10)9-15-3-5-18(16,17)6-4-15/h10-13H,3-9,14H2,1-2H3. The van der Waals surface area contributed by atoms with Crippen molar-refractivity contribution >= 4 is 9.84 Å². The number of sulfone groups is 1. The first kappa shape index (κ1) is 14.3. The molecule has 0 aromatic heterocycles. The van der Waals surface area contributed by atoms with E-state index in [0.717, 1.165) is 18.9 Å². The summed E-state index contributed by atoms with van der Waals surface area (Å²) in [4.78, 5) is 2.29. The van der Waals surface area contributed by atoms with Gasteiger partial charge in [0, 0.05) is 25.7 Å². The lowest BCUT2D eigenvalue weighted by molar-refractivity contribution is 0.122. The molecule has 2 fully saturated rings. The van der Waals surface area contributed by atoms with Gasteiger partial charge in [-0.3, -0.25) is 0 Å². The third-order valence-electron chi connectivity index (χ3n) is 4.64. The number of hydrogen-bond acceptors (Lipinski definition) is 4. The van der Waals surface area contributed by atoms with Gasteiger partial charge in [0.1, 0.15) is 0 Å². The van der Waals surface area contributed by atoms with Gasteiger partial charge in [0.15, 0.2) is 9.84 Å². The average Bonchev–Trinajstić information content (AvgIpc) is 2.25. The van der Waals surface area contributed by atoms with Crippen molar-refractivity contribution in [1.82, 2.24) is 4.90 Å². The average molecular weight is 274 g/mol. The fourth-order valence-corrected chi connectivity index (χ4v) is 4.79. The fourth-order valence-electron chi connectivity index (χ4n) is 3.51. The zero-order chi connectivity index (χ0) is 13.3. The van der Waals surface area contributed by atoms with E-state index in [2.05, 4.69) is 18.7 Å². The lowest BCUT2D eigenvalue weighted by atomic mass is 9.72. The van der Waals surface area contributed by atoms with Crippen molar-refractivity contribution < 1.29 is 8.42 Å². The predicted octanol–water partition coefficient (Wildman–Crippen LogP) is 0.726. The van der Waals surface area contributed by atoms with Crippen LogP contribution in [0.15, 0.2) is 0 Å². The van der Waals surface area contributed by atoms with E-state index < -0.39 is 9.84 Å². The van der Waals surface area contributed by atoms with Gasteiger partial charge >= 0.3 is 0 Å². The largest absolute Gasteiger partial charge is 0.327 e. The molecule has 4 nitrogen and oxygen atoms in total. The van der Waals surface area contributed by atoms with E-state index in [1.165, 1.54) is 6.42 Å². The van der Waals surface area contributed by atoms with E-state index in [0.29, 0.717) is 36.4 Å². The molecule has 4 unspecified atom stereocenters. The molecule has 18 heavy (non-hydrogen) atoms. The van der Waals surface area contributed by atoms with Gasteiger partial charge in [0.2, 0.25) is 0 Å². The summed E-state index contributed by atoms with van der Waals surface area (Å²) >= 11 is 0. The van der Waals surface area contributed by atoms with E-state index in [1.54, 1.807) is 0 Å². The Morgan fingerprint density at radius 2 is 1.78 bits per heavy atom. The maximum absolute atomic E-state index is 11.4. The van der Waals surface area contributed by atoms with Crippen LogP contribution in [-0.4, -0.2) is 50.5 Å². The Hall–Kier alpha value is -0.130. The molecule has 2 rings (SSSR count). The Morgan fingerprint density at radius 3 is 2.33 bits per heavy atom. The van der Waals surface area contributed by atoms with Crippen molar-refractivity contribution in [2.45, 2.75) is 32.7 Å². The Kier molecular flexibility index (Phi) is 4.34. The molecule has 0 radical (unpaired) electrons. The van der Waals surface area contributed by atoms with Gasteiger partial charge in [-0.2, -0.15) is 0 Å². The molecule has 1 aliphatic carbocycles. The van der Waals surface area contributed by atoms with Gasteiger partial charge in [-0.1, -0.05) is 13.8 Å². The van der Waals surface area contributed by atoms with Gasteiger partial charge in [-0.25, -0.2) is 8.42 Å². The third kappa shape index (κ3) is 3.45. The SMILES string of the molecule is CC1CC(C)C(CN2CCS(=O)(=O)CC2)C(N)C1. The highest BCUT2D eigenvalue weighted by Crippen LogP contribution is 2.33. The van der Waals surface area contributed by atoms with Crippen molar-refractivity contribution in [2.75, 3.05) is 31.1 Å². The zero-order valence-electron chi connectivity index (χ0n) is 11.5. The van der Waals surface area contributed by atoms with E-state index in [1.807, 2.05) is 0 Å². The Morgan fingerprint density at radius 1 is 1.17 bits per heavy atom. The summed E-state index contributed by atoms with van der Waals surface area (Å²) in [6.45, 7) is 6.92. The molecule has 0 amide bonds. The van der Waals surface area contributed by atoms with Crippen LogP contribution in [0.5, 0.6) is 0 Å². The molecule has 1 aliphatic heterocycles. The second-order valence-electron chi connectivity index (χ2n) is 6.33. The Balaban J connectivity index is 1.89. The first-order chi connectivity index (χ1) is 8.37. The number of rotatable bonds is 2. The topological polar surface area (TPSA) is 63.4 Å². The van der Waals surface area contributed by atoms with E-state index >= 15 is 0 Å². The lowest BCUT2D eigenvalue weighted by Gasteiger charge is -2.41. The molecule has 1 saturated heterocycles. The molecule has 2 aliphatic rings. The van der Waals surface area contributed by atoms with Crippen LogP contribution in [0, 0.1) is 17.8 Å². The minimum Gasteiger partial charge on any atom is -0.327 e. The molecule has 1 heterocycles.